The van der Waals surface area contributed by atoms with Gasteiger partial charge < -0.3 is 14.4 Å². The molecule has 0 radical (unpaired) electrons. The van der Waals surface area contributed by atoms with E-state index in [1.54, 1.807) is 23.1 Å². The van der Waals surface area contributed by atoms with Gasteiger partial charge in [-0.25, -0.2) is 9.37 Å². The number of amides is 1. The summed E-state index contributed by atoms with van der Waals surface area (Å²) in [4.78, 5) is 19.5. The number of benzene rings is 2. The minimum atomic E-state index is -0.513. The van der Waals surface area contributed by atoms with Crippen molar-refractivity contribution in [3.05, 3.63) is 64.6 Å². The van der Waals surface area contributed by atoms with Crippen LogP contribution in [-0.2, 0) is 6.54 Å². The van der Waals surface area contributed by atoms with E-state index in [-0.39, 0.29) is 30.9 Å². The number of carbonyl (C=O) groups excluding carboxylic acids is 1. The van der Waals surface area contributed by atoms with Crippen LogP contribution in [0, 0.1) is 5.82 Å². The van der Waals surface area contributed by atoms with E-state index in [4.69, 9.17) is 21.1 Å². The summed E-state index contributed by atoms with van der Waals surface area (Å²) in [7, 11) is 0. The summed E-state index contributed by atoms with van der Waals surface area (Å²) in [5.74, 6) is 0.469. The predicted octanol–water partition coefficient (Wildman–Crippen LogP) is 5.34. The Hall–Kier alpha value is -2.86. The Balaban J connectivity index is 1.52. The Kier molecular flexibility index (Phi) is 4.95. The van der Waals surface area contributed by atoms with Crippen molar-refractivity contribution >= 4 is 28.4 Å². The zero-order chi connectivity index (χ0) is 20.7. The van der Waals surface area contributed by atoms with E-state index < -0.39 is 5.82 Å². The van der Waals surface area contributed by atoms with E-state index in [1.807, 2.05) is 12.1 Å². The van der Waals surface area contributed by atoms with E-state index in [9.17, 15) is 9.18 Å². The van der Waals surface area contributed by atoms with E-state index >= 15 is 0 Å². The molecule has 5 nitrogen and oxygen atoms in total. The van der Waals surface area contributed by atoms with Crippen LogP contribution < -0.4 is 9.47 Å². The minimum Gasteiger partial charge on any atom is -0.454 e. The van der Waals surface area contributed by atoms with Gasteiger partial charge in [0.1, 0.15) is 11.0 Å². The maximum absolute atomic E-state index is 14.3. The van der Waals surface area contributed by atoms with E-state index in [0.29, 0.717) is 22.2 Å². The van der Waals surface area contributed by atoms with Crippen molar-refractivity contribution in [1.29, 1.82) is 0 Å². The summed E-state index contributed by atoms with van der Waals surface area (Å²) in [5.41, 5.74) is 1.50. The number of carbonyl (C=O) groups is 1. The lowest BCUT2D eigenvalue weighted by molar-refractivity contribution is 0.0659. The number of rotatable bonds is 4. The molecular formula is C23H20ClFN2O3. The van der Waals surface area contributed by atoms with Crippen molar-refractivity contribution in [2.24, 2.45) is 0 Å². The molecule has 0 saturated heterocycles. The standard InChI is InChI=1S/C23H20ClFN2O3/c24-22-15(9-14-10-20-21(30-13-29-20)11-19(14)26-22)12-27(16-5-1-2-6-16)23(28)17-7-3-4-8-18(17)25/h3-4,7-11,16H,1-2,5-6,12-13H2. The normalized spacial score (nSPS) is 15.7. The maximum Gasteiger partial charge on any atom is 0.257 e. The zero-order valence-electron chi connectivity index (χ0n) is 16.2. The first-order chi connectivity index (χ1) is 14.6. The molecule has 0 atom stereocenters. The summed E-state index contributed by atoms with van der Waals surface area (Å²) in [6.45, 7) is 0.451. The van der Waals surface area contributed by atoms with Gasteiger partial charge in [0.15, 0.2) is 11.5 Å². The fourth-order valence-electron chi connectivity index (χ4n) is 4.25. The molecule has 154 valence electrons. The fraction of sp³-hybridized carbons (Fsp3) is 0.304. The SMILES string of the molecule is O=C(c1ccccc1F)N(Cc1cc2cc3c(cc2nc1Cl)OCO3)C1CCCC1. The first-order valence-electron chi connectivity index (χ1n) is 10.0. The summed E-state index contributed by atoms with van der Waals surface area (Å²) in [6.07, 6.45) is 3.91. The number of pyridine rings is 1. The summed E-state index contributed by atoms with van der Waals surface area (Å²) >= 11 is 6.49. The molecule has 0 N–H and O–H groups in total. The van der Waals surface area contributed by atoms with Crippen molar-refractivity contribution < 1.29 is 18.7 Å². The van der Waals surface area contributed by atoms with Gasteiger partial charge >= 0.3 is 0 Å². The molecule has 7 heteroatoms. The van der Waals surface area contributed by atoms with E-state index in [2.05, 4.69) is 4.98 Å². The van der Waals surface area contributed by atoms with Crippen LogP contribution in [0.4, 0.5) is 4.39 Å². The second-order valence-corrected chi connectivity index (χ2v) is 8.05. The van der Waals surface area contributed by atoms with Crippen LogP contribution >= 0.6 is 11.6 Å². The van der Waals surface area contributed by atoms with Crippen molar-refractivity contribution in [2.45, 2.75) is 38.3 Å². The Morgan fingerprint density at radius 3 is 2.63 bits per heavy atom. The molecule has 0 spiro atoms. The number of fused-ring (bicyclic) bond motifs is 2. The molecule has 1 aromatic heterocycles. The molecular weight excluding hydrogens is 407 g/mol. The van der Waals surface area contributed by atoms with Gasteiger partial charge in [-0.05, 0) is 37.1 Å². The minimum absolute atomic E-state index is 0.0561. The molecule has 30 heavy (non-hydrogen) atoms. The number of aromatic nitrogens is 1. The van der Waals surface area contributed by atoms with Crippen LogP contribution in [0.15, 0.2) is 42.5 Å². The Morgan fingerprint density at radius 2 is 1.87 bits per heavy atom. The van der Waals surface area contributed by atoms with Crippen molar-refractivity contribution in [1.82, 2.24) is 9.88 Å². The van der Waals surface area contributed by atoms with Crippen molar-refractivity contribution in [3.8, 4) is 11.5 Å². The number of nitrogens with zero attached hydrogens (tertiary/aromatic N) is 2. The first-order valence-corrected chi connectivity index (χ1v) is 10.4. The monoisotopic (exact) mass is 426 g/mol. The Morgan fingerprint density at radius 1 is 1.13 bits per heavy atom. The third kappa shape index (κ3) is 3.45. The largest absolute Gasteiger partial charge is 0.454 e. The molecule has 1 saturated carbocycles. The van der Waals surface area contributed by atoms with Gasteiger partial charge in [-0.15, -0.1) is 0 Å². The second kappa shape index (κ2) is 7.76. The predicted molar refractivity (Wildman–Crippen MR) is 111 cm³/mol. The quantitative estimate of drug-likeness (QED) is 0.528. The fourth-order valence-corrected chi connectivity index (χ4v) is 4.46. The third-order valence-corrected chi connectivity index (χ3v) is 6.13. The van der Waals surface area contributed by atoms with Gasteiger partial charge in [-0.2, -0.15) is 0 Å². The Labute approximate surface area is 178 Å². The van der Waals surface area contributed by atoms with Crippen LogP contribution in [0.5, 0.6) is 11.5 Å². The molecule has 1 fully saturated rings. The molecule has 0 unspecified atom stereocenters. The highest BCUT2D eigenvalue weighted by atomic mass is 35.5. The number of hydrogen-bond donors (Lipinski definition) is 0. The molecule has 2 aromatic carbocycles. The van der Waals surface area contributed by atoms with Crippen LogP contribution in [0.1, 0.15) is 41.6 Å². The smallest absolute Gasteiger partial charge is 0.257 e. The number of hydrogen-bond acceptors (Lipinski definition) is 4. The summed E-state index contributed by atoms with van der Waals surface area (Å²) < 4.78 is 25.2. The lowest BCUT2D eigenvalue weighted by atomic mass is 10.1. The second-order valence-electron chi connectivity index (χ2n) is 7.69. The third-order valence-electron chi connectivity index (χ3n) is 5.81. The Bertz CT molecular complexity index is 1130. The molecule has 1 aliphatic heterocycles. The van der Waals surface area contributed by atoms with Crippen molar-refractivity contribution in [2.75, 3.05) is 6.79 Å². The summed E-state index contributed by atoms with van der Waals surface area (Å²) in [6, 6.07) is 11.7. The number of halogens is 2. The average molecular weight is 427 g/mol. The van der Waals surface area contributed by atoms with Crippen molar-refractivity contribution in [3.63, 3.8) is 0 Å². The molecule has 1 amide bonds. The van der Waals surface area contributed by atoms with E-state index in [0.717, 1.165) is 36.6 Å². The topological polar surface area (TPSA) is 51.7 Å². The molecule has 2 heterocycles. The molecule has 5 rings (SSSR count). The van der Waals surface area contributed by atoms with Crippen LogP contribution in [0.2, 0.25) is 5.15 Å². The van der Waals surface area contributed by atoms with Gasteiger partial charge in [0.05, 0.1) is 11.1 Å². The molecule has 3 aromatic rings. The first kappa shape index (κ1) is 19.1. The average Bonchev–Trinajstić information content (AvgIpc) is 3.42. The highest BCUT2D eigenvalue weighted by Gasteiger charge is 2.29. The van der Waals surface area contributed by atoms with Gasteiger partial charge in [-0.3, -0.25) is 4.79 Å². The van der Waals surface area contributed by atoms with Gasteiger partial charge in [0.25, 0.3) is 5.91 Å². The van der Waals surface area contributed by atoms with Crippen LogP contribution in [-0.4, -0.2) is 28.6 Å². The zero-order valence-corrected chi connectivity index (χ0v) is 17.0. The lowest BCUT2D eigenvalue weighted by Gasteiger charge is -2.29. The maximum atomic E-state index is 14.3. The van der Waals surface area contributed by atoms with Gasteiger partial charge in [0.2, 0.25) is 6.79 Å². The highest BCUT2D eigenvalue weighted by molar-refractivity contribution is 6.30. The highest BCUT2D eigenvalue weighted by Crippen LogP contribution is 2.37. The summed E-state index contributed by atoms with van der Waals surface area (Å²) in [5, 5.41) is 1.18. The van der Waals surface area contributed by atoms with Gasteiger partial charge in [0, 0.05) is 29.6 Å². The lowest BCUT2D eigenvalue weighted by Crippen LogP contribution is -2.38. The van der Waals surface area contributed by atoms with Crippen LogP contribution in [0.25, 0.3) is 10.9 Å². The number of ether oxygens (including phenoxy) is 2. The molecule has 0 bridgehead atoms. The molecule has 1 aliphatic carbocycles. The van der Waals surface area contributed by atoms with E-state index in [1.165, 1.54) is 12.1 Å². The molecule has 2 aliphatic rings. The van der Waals surface area contributed by atoms with Crippen LogP contribution in [0.3, 0.4) is 0 Å². The van der Waals surface area contributed by atoms with Gasteiger partial charge in [-0.1, -0.05) is 36.6 Å².